The molecular formula is C29H22N2O4. The van der Waals surface area contributed by atoms with Crippen molar-refractivity contribution in [1.82, 2.24) is 9.55 Å². The zero-order valence-electron chi connectivity index (χ0n) is 18.9. The van der Waals surface area contributed by atoms with E-state index in [0.29, 0.717) is 28.3 Å². The number of benzene rings is 4. The van der Waals surface area contributed by atoms with Gasteiger partial charge in [-0.15, -0.1) is 0 Å². The maximum Gasteiger partial charge on any atom is 0.330 e. The van der Waals surface area contributed by atoms with E-state index in [-0.39, 0.29) is 17.2 Å². The molecule has 172 valence electrons. The molecule has 5 rings (SSSR count). The Labute approximate surface area is 201 Å². The van der Waals surface area contributed by atoms with E-state index < -0.39 is 0 Å². The number of hydrogen-bond donors (Lipinski definition) is 2. The Morgan fingerprint density at radius 3 is 2.60 bits per heavy atom. The van der Waals surface area contributed by atoms with Gasteiger partial charge in [-0.25, -0.2) is 4.79 Å². The number of allylic oxidation sites excluding steroid dienone is 1. The second-order valence-corrected chi connectivity index (χ2v) is 8.08. The molecule has 0 aliphatic heterocycles. The molecule has 0 radical (unpaired) electrons. The summed E-state index contributed by atoms with van der Waals surface area (Å²) in [5.41, 5.74) is 3.06. The lowest BCUT2D eigenvalue weighted by Gasteiger charge is -2.04. The number of nitrogens with zero attached hydrogens (tertiary/aromatic N) is 1. The zero-order chi connectivity index (χ0) is 24.4. The lowest BCUT2D eigenvalue weighted by molar-refractivity contribution is 0.104. The highest BCUT2D eigenvalue weighted by molar-refractivity contribution is 6.07. The van der Waals surface area contributed by atoms with E-state index in [1.54, 1.807) is 48.7 Å². The molecule has 0 saturated heterocycles. The van der Waals surface area contributed by atoms with E-state index in [2.05, 4.69) is 4.98 Å². The molecule has 0 fully saturated rings. The van der Waals surface area contributed by atoms with Gasteiger partial charge >= 0.3 is 5.69 Å². The first kappa shape index (κ1) is 22.0. The topological polar surface area (TPSA) is 84.3 Å². The van der Waals surface area contributed by atoms with E-state index in [4.69, 9.17) is 4.74 Å². The number of aromatic hydroxyl groups is 1. The summed E-state index contributed by atoms with van der Waals surface area (Å²) in [6, 6.07) is 25.8. The van der Waals surface area contributed by atoms with Crippen molar-refractivity contribution in [2.24, 2.45) is 0 Å². The predicted molar refractivity (Wildman–Crippen MR) is 137 cm³/mol. The second kappa shape index (κ2) is 9.19. The van der Waals surface area contributed by atoms with Crippen LogP contribution in [0.1, 0.15) is 15.9 Å². The van der Waals surface area contributed by atoms with Gasteiger partial charge in [0.25, 0.3) is 0 Å². The molecule has 0 unspecified atom stereocenters. The number of imidazole rings is 1. The highest BCUT2D eigenvalue weighted by Crippen LogP contribution is 2.27. The molecule has 2 N–H and O–H groups in total. The summed E-state index contributed by atoms with van der Waals surface area (Å²) < 4.78 is 6.60. The quantitative estimate of drug-likeness (QED) is 0.254. The van der Waals surface area contributed by atoms with Gasteiger partial charge in [0, 0.05) is 17.3 Å². The summed E-state index contributed by atoms with van der Waals surface area (Å²) in [7, 11) is 1.47. The van der Waals surface area contributed by atoms with Crippen molar-refractivity contribution in [2.45, 2.75) is 0 Å². The number of hydrogen-bond acceptors (Lipinski definition) is 4. The third-order valence-corrected chi connectivity index (χ3v) is 5.82. The van der Waals surface area contributed by atoms with Crippen molar-refractivity contribution in [3.05, 3.63) is 119 Å². The monoisotopic (exact) mass is 462 g/mol. The summed E-state index contributed by atoms with van der Waals surface area (Å²) >= 11 is 0. The smallest absolute Gasteiger partial charge is 0.330 e. The molecule has 1 aromatic heterocycles. The Kier molecular flexibility index (Phi) is 5.77. The SMILES string of the molecule is COc1cc(C=CC(=O)c2cccc(-n3cc(-c4ccc5ccccc5c4)[nH]c3=O)c2)ccc1O. The number of phenolic OH excluding ortho intramolecular Hbond substituents is 1. The first-order chi connectivity index (χ1) is 17.0. The lowest BCUT2D eigenvalue weighted by Crippen LogP contribution is -2.14. The van der Waals surface area contributed by atoms with Crippen LogP contribution in [0.3, 0.4) is 0 Å². The van der Waals surface area contributed by atoms with Crippen LogP contribution in [-0.2, 0) is 0 Å². The Hall–Kier alpha value is -4.84. The van der Waals surface area contributed by atoms with Gasteiger partial charge in [-0.2, -0.15) is 0 Å². The third-order valence-electron chi connectivity index (χ3n) is 5.82. The van der Waals surface area contributed by atoms with Gasteiger partial charge in [0.15, 0.2) is 17.3 Å². The number of rotatable bonds is 6. The molecule has 4 aromatic carbocycles. The number of aromatic amines is 1. The van der Waals surface area contributed by atoms with Crippen LogP contribution >= 0.6 is 0 Å². The Morgan fingerprint density at radius 2 is 1.77 bits per heavy atom. The minimum Gasteiger partial charge on any atom is -0.504 e. The minimum absolute atomic E-state index is 0.0312. The Bertz CT molecular complexity index is 1640. The van der Waals surface area contributed by atoms with E-state index in [1.165, 1.54) is 23.8 Å². The molecule has 0 bridgehead atoms. The number of methoxy groups -OCH3 is 1. The average Bonchev–Trinajstić information content (AvgIpc) is 3.29. The molecule has 6 heteroatoms. The summed E-state index contributed by atoms with van der Waals surface area (Å²) in [4.78, 5) is 28.4. The van der Waals surface area contributed by atoms with Gasteiger partial charge in [-0.05, 0) is 52.7 Å². The minimum atomic E-state index is -0.288. The fraction of sp³-hybridized carbons (Fsp3) is 0.0345. The van der Waals surface area contributed by atoms with Crippen molar-refractivity contribution in [1.29, 1.82) is 0 Å². The largest absolute Gasteiger partial charge is 0.504 e. The molecule has 0 aliphatic carbocycles. The molecule has 5 aromatic rings. The molecule has 6 nitrogen and oxygen atoms in total. The standard InChI is InChI=1S/C29H22N2O4/c1-35-28-15-19(10-14-27(28)33)9-13-26(32)23-7-4-8-24(17-23)31-18-25(30-29(31)34)22-12-11-20-5-2-3-6-21(20)16-22/h2-18,33H,1H3,(H,30,34). The van der Waals surface area contributed by atoms with Gasteiger partial charge in [0.05, 0.1) is 18.5 Å². The summed E-state index contributed by atoms with van der Waals surface area (Å²) in [5.74, 6) is 0.150. The van der Waals surface area contributed by atoms with Crippen molar-refractivity contribution in [2.75, 3.05) is 7.11 Å². The van der Waals surface area contributed by atoms with Crippen LogP contribution in [0.4, 0.5) is 0 Å². The molecule has 0 saturated carbocycles. The van der Waals surface area contributed by atoms with Gasteiger partial charge in [-0.3, -0.25) is 9.36 Å². The first-order valence-corrected chi connectivity index (χ1v) is 11.0. The number of H-pyrrole nitrogens is 1. The molecule has 0 spiro atoms. The predicted octanol–water partition coefficient (Wildman–Crippen LogP) is 5.60. The van der Waals surface area contributed by atoms with E-state index >= 15 is 0 Å². The number of ketones is 1. The number of nitrogens with one attached hydrogen (secondary N) is 1. The number of ether oxygens (including phenoxy) is 1. The number of phenols is 1. The van der Waals surface area contributed by atoms with Gasteiger partial charge in [0.1, 0.15) is 0 Å². The summed E-state index contributed by atoms with van der Waals surface area (Å²) in [5, 5.41) is 11.9. The summed E-state index contributed by atoms with van der Waals surface area (Å²) in [6.45, 7) is 0. The van der Waals surface area contributed by atoms with Gasteiger partial charge in [-0.1, -0.05) is 60.7 Å². The zero-order valence-corrected chi connectivity index (χ0v) is 18.9. The van der Waals surface area contributed by atoms with E-state index in [1.807, 2.05) is 42.5 Å². The van der Waals surface area contributed by atoms with Gasteiger partial charge in [0.2, 0.25) is 0 Å². The summed E-state index contributed by atoms with van der Waals surface area (Å²) in [6.07, 6.45) is 4.84. The Balaban J connectivity index is 1.42. The van der Waals surface area contributed by atoms with Crippen molar-refractivity contribution < 1.29 is 14.6 Å². The normalized spacial score (nSPS) is 11.2. The van der Waals surface area contributed by atoms with Crippen molar-refractivity contribution in [3.63, 3.8) is 0 Å². The maximum absolute atomic E-state index is 12.8. The number of aromatic nitrogens is 2. The molecule has 1 heterocycles. The first-order valence-electron chi connectivity index (χ1n) is 11.0. The molecule has 0 aliphatic rings. The van der Waals surface area contributed by atoms with Gasteiger partial charge < -0.3 is 14.8 Å². The Morgan fingerprint density at radius 1 is 0.943 bits per heavy atom. The van der Waals surface area contributed by atoms with Crippen molar-refractivity contribution >= 4 is 22.6 Å². The van der Waals surface area contributed by atoms with E-state index in [9.17, 15) is 14.7 Å². The van der Waals surface area contributed by atoms with Crippen LogP contribution < -0.4 is 10.4 Å². The fourth-order valence-corrected chi connectivity index (χ4v) is 3.97. The maximum atomic E-state index is 12.8. The van der Waals surface area contributed by atoms with Crippen LogP contribution in [0.5, 0.6) is 11.5 Å². The molecular weight excluding hydrogens is 440 g/mol. The molecule has 0 amide bonds. The van der Waals surface area contributed by atoms with Crippen molar-refractivity contribution in [3.8, 4) is 28.4 Å². The number of carbonyl (C=O) groups is 1. The van der Waals surface area contributed by atoms with Crippen LogP contribution in [0.25, 0.3) is 33.8 Å². The lowest BCUT2D eigenvalue weighted by atomic mass is 10.1. The molecule has 35 heavy (non-hydrogen) atoms. The number of fused-ring (bicyclic) bond motifs is 1. The third kappa shape index (κ3) is 4.50. The highest BCUT2D eigenvalue weighted by Gasteiger charge is 2.10. The average molecular weight is 463 g/mol. The van der Waals surface area contributed by atoms with Crippen LogP contribution in [0.2, 0.25) is 0 Å². The fourth-order valence-electron chi connectivity index (χ4n) is 3.97. The van der Waals surface area contributed by atoms with Crippen LogP contribution in [0.15, 0.2) is 102 Å². The highest BCUT2D eigenvalue weighted by atomic mass is 16.5. The molecule has 0 atom stereocenters. The van der Waals surface area contributed by atoms with Crippen LogP contribution in [-0.4, -0.2) is 27.6 Å². The second-order valence-electron chi connectivity index (χ2n) is 8.08. The van der Waals surface area contributed by atoms with Crippen LogP contribution in [0, 0.1) is 0 Å². The van der Waals surface area contributed by atoms with E-state index in [0.717, 1.165) is 16.3 Å². The number of carbonyl (C=O) groups excluding carboxylic acids is 1.